The fourth-order valence-corrected chi connectivity index (χ4v) is 2.91. The lowest BCUT2D eigenvalue weighted by atomic mass is 9.87. The zero-order chi connectivity index (χ0) is 11.5. The molecule has 1 saturated carbocycles. The zero-order valence-electron chi connectivity index (χ0n) is 9.27. The van der Waals surface area contributed by atoms with E-state index in [1.54, 1.807) is 0 Å². The lowest BCUT2D eigenvalue weighted by Crippen LogP contribution is -2.25. The predicted octanol–water partition coefficient (Wildman–Crippen LogP) is 2.83. The molecule has 0 aliphatic heterocycles. The number of rotatable bonds is 3. The molecule has 0 saturated heterocycles. The summed E-state index contributed by atoms with van der Waals surface area (Å²) in [6, 6.07) is 0.455. The lowest BCUT2D eigenvalue weighted by molar-refractivity contribution is 0.0702. The number of aromatic nitrogens is 1. The van der Waals surface area contributed by atoms with E-state index < -0.39 is 5.97 Å². The van der Waals surface area contributed by atoms with Crippen LogP contribution in [-0.2, 0) is 0 Å². The summed E-state index contributed by atoms with van der Waals surface area (Å²) in [6.07, 6.45) is 6.28. The van der Waals surface area contributed by atoms with Crippen LogP contribution in [0.3, 0.4) is 0 Å². The van der Waals surface area contributed by atoms with E-state index in [0.717, 1.165) is 23.9 Å². The third-order valence-electron chi connectivity index (χ3n) is 2.98. The van der Waals surface area contributed by atoms with Crippen LogP contribution >= 0.6 is 11.3 Å². The van der Waals surface area contributed by atoms with Crippen molar-refractivity contribution in [3.8, 4) is 0 Å². The molecule has 0 aromatic carbocycles. The monoisotopic (exact) mass is 240 g/mol. The second kappa shape index (κ2) is 4.82. The predicted molar refractivity (Wildman–Crippen MR) is 64.1 cm³/mol. The van der Waals surface area contributed by atoms with Crippen molar-refractivity contribution in [1.82, 2.24) is 4.98 Å². The van der Waals surface area contributed by atoms with Crippen LogP contribution in [0.15, 0.2) is 6.20 Å². The van der Waals surface area contributed by atoms with Crippen LogP contribution in [0, 0.1) is 5.92 Å². The van der Waals surface area contributed by atoms with Crippen molar-refractivity contribution in [3.05, 3.63) is 11.1 Å². The Labute approximate surface area is 98.7 Å². The zero-order valence-corrected chi connectivity index (χ0v) is 10.1. The van der Waals surface area contributed by atoms with E-state index in [1.165, 1.54) is 30.4 Å². The largest absolute Gasteiger partial charge is 0.477 e. The summed E-state index contributed by atoms with van der Waals surface area (Å²) >= 11 is 1.21. The third kappa shape index (κ3) is 2.72. The molecule has 1 aromatic heterocycles. The molecule has 5 heteroatoms. The fourth-order valence-electron chi connectivity index (χ4n) is 2.18. The summed E-state index contributed by atoms with van der Waals surface area (Å²) in [7, 11) is 0. The summed E-state index contributed by atoms with van der Waals surface area (Å²) in [5.41, 5.74) is 0. The molecule has 1 aliphatic carbocycles. The van der Waals surface area contributed by atoms with Gasteiger partial charge in [-0.25, -0.2) is 9.78 Å². The standard InChI is InChI=1S/C11H16N2O2S/c1-7-3-2-4-8(5-7)13-11-12-6-9(16-11)10(14)15/h6-8H,2-5H2,1H3,(H,12,13)(H,14,15). The van der Waals surface area contributed by atoms with Gasteiger partial charge in [-0.2, -0.15) is 0 Å². The van der Waals surface area contributed by atoms with Crippen LogP contribution in [-0.4, -0.2) is 22.1 Å². The first kappa shape index (κ1) is 11.4. The van der Waals surface area contributed by atoms with Gasteiger partial charge in [-0.1, -0.05) is 31.1 Å². The molecule has 0 spiro atoms. The number of hydrogen-bond acceptors (Lipinski definition) is 4. The van der Waals surface area contributed by atoms with Gasteiger partial charge in [0.1, 0.15) is 4.88 Å². The Morgan fingerprint density at radius 3 is 3.06 bits per heavy atom. The van der Waals surface area contributed by atoms with Crippen molar-refractivity contribution in [2.45, 2.75) is 38.6 Å². The van der Waals surface area contributed by atoms with E-state index in [2.05, 4.69) is 17.2 Å². The number of aromatic carboxylic acids is 1. The van der Waals surface area contributed by atoms with Crippen molar-refractivity contribution < 1.29 is 9.90 Å². The van der Waals surface area contributed by atoms with Crippen LogP contribution in [0.5, 0.6) is 0 Å². The maximum atomic E-state index is 10.7. The van der Waals surface area contributed by atoms with Crippen LogP contribution in [0.25, 0.3) is 0 Å². The van der Waals surface area contributed by atoms with E-state index in [9.17, 15) is 4.79 Å². The molecule has 16 heavy (non-hydrogen) atoms. The van der Waals surface area contributed by atoms with Crippen molar-refractivity contribution in [3.63, 3.8) is 0 Å². The van der Waals surface area contributed by atoms with Gasteiger partial charge in [-0.3, -0.25) is 0 Å². The van der Waals surface area contributed by atoms with Gasteiger partial charge in [0.25, 0.3) is 0 Å². The molecular weight excluding hydrogens is 224 g/mol. The Bertz CT molecular complexity index is 378. The molecule has 88 valence electrons. The lowest BCUT2D eigenvalue weighted by Gasteiger charge is -2.27. The van der Waals surface area contributed by atoms with E-state index in [-0.39, 0.29) is 0 Å². The highest BCUT2D eigenvalue weighted by atomic mass is 32.1. The van der Waals surface area contributed by atoms with Gasteiger partial charge in [-0.15, -0.1) is 0 Å². The third-order valence-corrected chi connectivity index (χ3v) is 3.90. The first-order chi connectivity index (χ1) is 7.65. The number of carbonyl (C=O) groups is 1. The topological polar surface area (TPSA) is 62.2 Å². The number of hydrogen-bond donors (Lipinski definition) is 2. The summed E-state index contributed by atoms with van der Waals surface area (Å²) in [5, 5.41) is 12.9. The number of thiazole rings is 1. The number of nitrogens with zero attached hydrogens (tertiary/aromatic N) is 1. The first-order valence-electron chi connectivity index (χ1n) is 5.61. The second-order valence-corrected chi connectivity index (χ2v) is 5.48. The van der Waals surface area contributed by atoms with Gasteiger partial charge in [-0.05, 0) is 18.8 Å². The highest BCUT2D eigenvalue weighted by Gasteiger charge is 2.19. The van der Waals surface area contributed by atoms with Crippen molar-refractivity contribution in [1.29, 1.82) is 0 Å². The van der Waals surface area contributed by atoms with Gasteiger partial charge in [0.2, 0.25) is 0 Å². The van der Waals surface area contributed by atoms with E-state index in [1.807, 2.05) is 0 Å². The van der Waals surface area contributed by atoms with Gasteiger partial charge in [0, 0.05) is 6.04 Å². The minimum absolute atomic E-state index is 0.298. The minimum atomic E-state index is -0.900. The summed E-state index contributed by atoms with van der Waals surface area (Å²) < 4.78 is 0. The van der Waals surface area contributed by atoms with E-state index in [0.29, 0.717) is 10.9 Å². The molecule has 0 radical (unpaired) electrons. The molecule has 0 bridgehead atoms. The number of carboxylic acids is 1. The molecular formula is C11H16N2O2S. The van der Waals surface area contributed by atoms with Crippen molar-refractivity contribution >= 4 is 22.4 Å². The van der Waals surface area contributed by atoms with Crippen molar-refractivity contribution in [2.75, 3.05) is 5.32 Å². The maximum Gasteiger partial charge on any atom is 0.347 e. The molecule has 2 N–H and O–H groups in total. The van der Waals surface area contributed by atoms with Gasteiger partial charge in [0.05, 0.1) is 6.20 Å². The summed E-state index contributed by atoms with van der Waals surface area (Å²) in [5.74, 6) is -0.146. The fraction of sp³-hybridized carbons (Fsp3) is 0.636. The average molecular weight is 240 g/mol. The Kier molecular flexibility index (Phi) is 3.43. The number of anilines is 1. The van der Waals surface area contributed by atoms with Crippen molar-refractivity contribution in [2.24, 2.45) is 5.92 Å². The van der Waals surface area contributed by atoms with Gasteiger partial charge >= 0.3 is 5.97 Å². The normalized spacial score (nSPS) is 25.3. The van der Waals surface area contributed by atoms with E-state index >= 15 is 0 Å². The van der Waals surface area contributed by atoms with Gasteiger partial charge < -0.3 is 10.4 Å². The number of nitrogens with one attached hydrogen (secondary N) is 1. The molecule has 1 aliphatic rings. The molecule has 0 amide bonds. The molecule has 1 aromatic rings. The highest BCUT2D eigenvalue weighted by molar-refractivity contribution is 7.17. The summed E-state index contributed by atoms with van der Waals surface area (Å²) in [6.45, 7) is 2.26. The Morgan fingerprint density at radius 2 is 2.44 bits per heavy atom. The second-order valence-electron chi connectivity index (χ2n) is 4.45. The number of carboxylic acid groups (broad SMARTS) is 1. The smallest absolute Gasteiger partial charge is 0.347 e. The quantitative estimate of drug-likeness (QED) is 0.852. The first-order valence-corrected chi connectivity index (χ1v) is 6.42. The van der Waals surface area contributed by atoms with Crippen LogP contribution in [0.4, 0.5) is 5.13 Å². The molecule has 2 rings (SSSR count). The Morgan fingerprint density at radius 1 is 1.62 bits per heavy atom. The molecule has 1 fully saturated rings. The molecule has 4 nitrogen and oxygen atoms in total. The maximum absolute atomic E-state index is 10.7. The van der Waals surface area contributed by atoms with Gasteiger partial charge in [0.15, 0.2) is 5.13 Å². The van der Waals surface area contributed by atoms with E-state index in [4.69, 9.17) is 5.11 Å². The SMILES string of the molecule is CC1CCCC(Nc2ncc(C(=O)O)s2)C1. The Balaban J connectivity index is 1.95. The molecule has 2 atom stereocenters. The average Bonchev–Trinajstić information content (AvgIpc) is 2.66. The van der Waals surface area contributed by atoms with Crippen LogP contribution in [0.1, 0.15) is 42.3 Å². The minimum Gasteiger partial charge on any atom is -0.477 e. The molecule has 2 unspecified atom stereocenters. The Hall–Kier alpha value is -1.10. The molecule has 1 heterocycles. The van der Waals surface area contributed by atoms with Crippen LogP contribution < -0.4 is 5.32 Å². The highest BCUT2D eigenvalue weighted by Crippen LogP contribution is 2.27. The summed E-state index contributed by atoms with van der Waals surface area (Å²) in [4.78, 5) is 15.1. The van der Waals surface area contributed by atoms with Crippen LogP contribution in [0.2, 0.25) is 0 Å².